The summed E-state index contributed by atoms with van der Waals surface area (Å²) in [5.74, 6) is 0.726. The van der Waals surface area contributed by atoms with Gasteiger partial charge in [0.25, 0.3) is 0 Å². The molecule has 2 aromatic heterocycles. The number of pyridine rings is 1. The molecule has 8 rings (SSSR count). The summed E-state index contributed by atoms with van der Waals surface area (Å²) in [7, 11) is 0. The second kappa shape index (κ2) is 10.1. The molecule has 0 saturated heterocycles. The van der Waals surface area contributed by atoms with Crippen molar-refractivity contribution in [1.82, 2.24) is 15.0 Å². The van der Waals surface area contributed by atoms with E-state index in [0.717, 1.165) is 61.1 Å². The zero-order chi connectivity index (χ0) is 27.9. The molecule has 0 spiro atoms. The van der Waals surface area contributed by atoms with Crippen LogP contribution in [0.1, 0.15) is 0 Å². The molecule has 0 atom stereocenters. The number of benzene rings is 6. The lowest BCUT2D eigenvalue weighted by Gasteiger charge is -2.14. The van der Waals surface area contributed by atoms with Gasteiger partial charge in [0, 0.05) is 38.2 Å². The van der Waals surface area contributed by atoms with E-state index < -0.39 is 0 Å². The van der Waals surface area contributed by atoms with E-state index >= 15 is 0 Å². The minimum Gasteiger partial charge on any atom is -0.247 e. The third kappa shape index (κ3) is 4.11. The topological polar surface area (TPSA) is 38.7 Å². The number of para-hydroxylation sites is 2. The fourth-order valence-corrected chi connectivity index (χ4v) is 5.88. The summed E-state index contributed by atoms with van der Waals surface area (Å²) in [5.41, 5.74) is 9.35. The van der Waals surface area contributed by atoms with Crippen LogP contribution in [0.15, 0.2) is 152 Å². The molecule has 3 nitrogen and oxygen atoms in total. The molecule has 3 heteroatoms. The van der Waals surface area contributed by atoms with Gasteiger partial charge in [-0.1, -0.05) is 140 Å². The first-order chi connectivity index (χ1) is 20.8. The maximum absolute atomic E-state index is 5.19. The van der Waals surface area contributed by atoms with Gasteiger partial charge in [0.05, 0.1) is 22.4 Å². The van der Waals surface area contributed by atoms with E-state index in [-0.39, 0.29) is 0 Å². The maximum Gasteiger partial charge on any atom is 0.160 e. The van der Waals surface area contributed by atoms with Crippen LogP contribution in [0.3, 0.4) is 0 Å². The normalized spacial score (nSPS) is 11.3. The van der Waals surface area contributed by atoms with Gasteiger partial charge in [0.15, 0.2) is 5.82 Å². The van der Waals surface area contributed by atoms with Gasteiger partial charge < -0.3 is 0 Å². The molecule has 42 heavy (non-hydrogen) atoms. The van der Waals surface area contributed by atoms with E-state index in [4.69, 9.17) is 15.0 Å². The van der Waals surface area contributed by atoms with E-state index in [1.165, 1.54) is 16.5 Å². The fourth-order valence-electron chi connectivity index (χ4n) is 5.88. The van der Waals surface area contributed by atoms with Crippen molar-refractivity contribution >= 4 is 32.6 Å². The Hall–Kier alpha value is -5.67. The van der Waals surface area contributed by atoms with E-state index in [1.807, 2.05) is 30.3 Å². The predicted octanol–water partition coefficient (Wildman–Crippen LogP) is 10.00. The third-order valence-corrected chi connectivity index (χ3v) is 7.88. The number of fused-ring (bicyclic) bond motifs is 4. The molecule has 196 valence electrons. The van der Waals surface area contributed by atoms with Gasteiger partial charge in [-0.3, -0.25) is 0 Å². The molecule has 0 fully saturated rings. The van der Waals surface area contributed by atoms with Gasteiger partial charge in [-0.05, 0) is 23.3 Å². The molecule has 0 bridgehead atoms. The number of nitrogens with zero attached hydrogens (tertiary/aromatic N) is 3. The van der Waals surface area contributed by atoms with Crippen LogP contribution in [0.2, 0.25) is 0 Å². The van der Waals surface area contributed by atoms with Crippen LogP contribution in [0.25, 0.3) is 77.6 Å². The average molecular weight is 536 g/mol. The summed E-state index contributed by atoms with van der Waals surface area (Å²) in [5, 5.41) is 4.56. The van der Waals surface area contributed by atoms with Crippen molar-refractivity contribution in [2.75, 3.05) is 0 Å². The monoisotopic (exact) mass is 535 g/mol. The first-order valence-electron chi connectivity index (χ1n) is 14.1. The molecule has 2 heterocycles. The summed E-state index contributed by atoms with van der Waals surface area (Å²) < 4.78 is 0. The Morgan fingerprint density at radius 2 is 0.833 bits per heavy atom. The van der Waals surface area contributed by atoms with Gasteiger partial charge in [-0.25, -0.2) is 15.0 Å². The van der Waals surface area contributed by atoms with Gasteiger partial charge in [-0.2, -0.15) is 0 Å². The van der Waals surface area contributed by atoms with Crippen LogP contribution in [-0.4, -0.2) is 15.0 Å². The molecular formula is C39H25N3. The Bertz CT molecular complexity index is 2220. The summed E-state index contributed by atoms with van der Waals surface area (Å²) in [6.45, 7) is 0. The smallest absolute Gasteiger partial charge is 0.160 e. The average Bonchev–Trinajstić information content (AvgIpc) is 3.08. The largest absolute Gasteiger partial charge is 0.247 e. The molecule has 8 aromatic rings. The highest BCUT2D eigenvalue weighted by molar-refractivity contribution is 6.17. The second-order valence-electron chi connectivity index (χ2n) is 10.4. The highest BCUT2D eigenvalue weighted by Gasteiger charge is 2.16. The quantitative estimate of drug-likeness (QED) is 0.211. The number of hydrogen-bond acceptors (Lipinski definition) is 3. The van der Waals surface area contributed by atoms with Crippen molar-refractivity contribution in [1.29, 1.82) is 0 Å². The van der Waals surface area contributed by atoms with Crippen LogP contribution in [0, 0.1) is 0 Å². The first kappa shape index (κ1) is 24.2. The van der Waals surface area contributed by atoms with Crippen LogP contribution < -0.4 is 0 Å². The molecule has 6 aromatic carbocycles. The standard InChI is InChI=1S/C39H25N3/c1-3-12-26(13-4-1)30-18-11-19-33-36(30)31-16-7-9-20-34(31)40-38(33)28-24-22-27(23-25-28)37-32-17-8-10-21-35(32)41-39(42-37)29-14-5-2-6-15-29/h1-25H. The Kier molecular flexibility index (Phi) is 5.79. The third-order valence-electron chi connectivity index (χ3n) is 7.88. The molecular weight excluding hydrogens is 510 g/mol. The summed E-state index contributed by atoms with van der Waals surface area (Å²) >= 11 is 0. The van der Waals surface area contributed by atoms with Gasteiger partial charge in [0.2, 0.25) is 0 Å². The Balaban J connectivity index is 1.31. The van der Waals surface area contributed by atoms with Gasteiger partial charge in [0.1, 0.15) is 0 Å². The second-order valence-corrected chi connectivity index (χ2v) is 10.4. The SMILES string of the molecule is c1ccc(-c2nc(-c3ccc(-c4nc5ccccc5c5c(-c6ccccc6)cccc45)cc3)c3ccccc3n2)cc1. The van der Waals surface area contributed by atoms with E-state index in [2.05, 4.69) is 121 Å². The highest BCUT2D eigenvalue weighted by Crippen LogP contribution is 2.39. The number of aromatic nitrogens is 3. The molecule has 0 saturated carbocycles. The van der Waals surface area contributed by atoms with Crippen molar-refractivity contribution < 1.29 is 0 Å². The molecule has 0 aliphatic rings. The Labute approximate surface area is 243 Å². The summed E-state index contributed by atoms with van der Waals surface area (Å²) in [6.07, 6.45) is 0. The Morgan fingerprint density at radius 1 is 0.310 bits per heavy atom. The molecule has 0 unspecified atom stereocenters. The van der Waals surface area contributed by atoms with Crippen LogP contribution in [-0.2, 0) is 0 Å². The number of rotatable bonds is 4. The minimum absolute atomic E-state index is 0.726. The van der Waals surface area contributed by atoms with Crippen LogP contribution in [0.4, 0.5) is 0 Å². The van der Waals surface area contributed by atoms with Crippen molar-refractivity contribution in [3.63, 3.8) is 0 Å². The van der Waals surface area contributed by atoms with Crippen molar-refractivity contribution in [2.45, 2.75) is 0 Å². The zero-order valence-corrected chi connectivity index (χ0v) is 22.8. The van der Waals surface area contributed by atoms with E-state index in [9.17, 15) is 0 Å². The predicted molar refractivity (Wildman–Crippen MR) is 174 cm³/mol. The minimum atomic E-state index is 0.726. The molecule has 0 amide bonds. The van der Waals surface area contributed by atoms with Crippen molar-refractivity contribution in [3.05, 3.63) is 152 Å². The van der Waals surface area contributed by atoms with Gasteiger partial charge >= 0.3 is 0 Å². The number of hydrogen-bond donors (Lipinski definition) is 0. The summed E-state index contributed by atoms with van der Waals surface area (Å²) in [6, 6.07) is 52.6. The first-order valence-corrected chi connectivity index (χ1v) is 14.1. The maximum atomic E-state index is 5.19. The lowest BCUT2D eigenvalue weighted by molar-refractivity contribution is 1.23. The lowest BCUT2D eigenvalue weighted by Crippen LogP contribution is -1.95. The molecule has 0 aliphatic heterocycles. The van der Waals surface area contributed by atoms with Crippen LogP contribution in [0.5, 0.6) is 0 Å². The van der Waals surface area contributed by atoms with Crippen molar-refractivity contribution in [3.8, 4) is 45.0 Å². The summed E-state index contributed by atoms with van der Waals surface area (Å²) in [4.78, 5) is 15.1. The van der Waals surface area contributed by atoms with E-state index in [1.54, 1.807) is 0 Å². The highest BCUT2D eigenvalue weighted by atomic mass is 14.9. The van der Waals surface area contributed by atoms with E-state index in [0.29, 0.717) is 0 Å². The van der Waals surface area contributed by atoms with Gasteiger partial charge in [-0.15, -0.1) is 0 Å². The fraction of sp³-hybridized carbons (Fsp3) is 0. The van der Waals surface area contributed by atoms with Crippen molar-refractivity contribution in [2.24, 2.45) is 0 Å². The Morgan fingerprint density at radius 3 is 1.52 bits per heavy atom. The molecule has 0 radical (unpaired) electrons. The van der Waals surface area contributed by atoms with Crippen LogP contribution >= 0.6 is 0 Å². The zero-order valence-electron chi connectivity index (χ0n) is 22.8. The molecule has 0 aliphatic carbocycles. The lowest BCUT2D eigenvalue weighted by atomic mass is 9.92. The molecule has 0 N–H and O–H groups in total.